The van der Waals surface area contributed by atoms with Crippen LogP contribution in [0.1, 0.15) is 28.5 Å². The second kappa shape index (κ2) is 6.80. The molecule has 2 aromatic carbocycles. The lowest BCUT2D eigenvalue weighted by Gasteiger charge is -2.16. The Morgan fingerprint density at radius 2 is 1.88 bits per heavy atom. The van der Waals surface area contributed by atoms with Gasteiger partial charge in [-0.1, -0.05) is 35.5 Å². The van der Waals surface area contributed by atoms with Crippen LogP contribution < -0.4 is 0 Å². The lowest BCUT2D eigenvalue weighted by Crippen LogP contribution is -2.28. The lowest BCUT2D eigenvalue weighted by molar-refractivity contribution is 0.0789. The van der Waals surface area contributed by atoms with Crippen LogP contribution in [0.4, 0.5) is 0 Å². The van der Waals surface area contributed by atoms with Gasteiger partial charge in [-0.2, -0.15) is 4.98 Å². The number of hydrogen-bond acceptors (Lipinski definition) is 4. The molecule has 1 aliphatic heterocycles. The Morgan fingerprint density at radius 1 is 1.12 bits per heavy atom. The fourth-order valence-electron chi connectivity index (χ4n) is 3.06. The van der Waals surface area contributed by atoms with E-state index in [-0.39, 0.29) is 11.8 Å². The van der Waals surface area contributed by atoms with Gasteiger partial charge < -0.3 is 9.42 Å². The molecule has 0 aliphatic carbocycles. The van der Waals surface area contributed by atoms with Gasteiger partial charge in [-0.25, -0.2) is 0 Å². The fourth-order valence-corrected chi connectivity index (χ4v) is 3.51. The number of halogens is 1. The summed E-state index contributed by atoms with van der Waals surface area (Å²) >= 11 is 3.45. The average molecular weight is 398 g/mol. The normalized spacial score (nSPS) is 17.0. The minimum absolute atomic E-state index is 0.0294. The van der Waals surface area contributed by atoms with Crippen LogP contribution in [0.15, 0.2) is 63.6 Å². The van der Waals surface area contributed by atoms with Crippen LogP contribution >= 0.6 is 15.9 Å². The maximum Gasteiger partial charge on any atom is 0.257 e. The number of carbonyl (C=O) groups is 1. The molecule has 1 aliphatic rings. The van der Waals surface area contributed by atoms with Crippen LogP contribution in [0.2, 0.25) is 0 Å². The van der Waals surface area contributed by atoms with E-state index in [0.29, 0.717) is 30.4 Å². The van der Waals surface area contributed by atoms with Crippen molar-refractivity contribution < 1.29 is 9.32 Å². The van der Waals surface area contributed by atoms with E-state index in [1.165, 1.54) is 0 Å². The number of benzene rings is 2. The molecule has 0 bridgehead atoms. The van der Waals surface area contributed by atoms with E-state index < -0.39 is 0 Å². The van der Waals surface area contributed by atoms with Crippen molar-refractivity contribution in [2.24, 2.45) is 0 Å². The topological polar surface area (TPSA) is 59.2 Å². The highest BCUT2D eigenvalue weighted by Gasteiger charge is 2.31. The molecule has 5 nitrogen and oxygen atoms in total. The summed E-state index contributed by atoms with van der Waals surface area (Å²) in [5.41, 5.74) is 1.58. The molecule has 25 heavy (non-hydrogen) atoms. The van der Waals surface area contributed by atoms with Crippen LogP contribution in [0.3, 0.4) is 0 Å². The summed E-state index contributed by atoms with van der Waals surface area (Å²) in [6.45, 7) is 1.30. The van der Waals surface area contributed by atoms with E-state index in [4.69, 9.17) is 4.52 Å². The molecule has 1 aromatic heterocycles. The van der Waals surface area contributed by atoms with Gasteiger partial charge in [-0.15, -0.1) is 0 Å². The first-order valence-corrected chi connectivity index (χ1v) is 8.94. The second-order valence-electron chi connectivity index (χ2n) is 6.04. The largest absolute Gasteiger partial charge is 0.338 e. The summed E-state index contributed by atoms with van der Waals surface area (Å²) in [6, 6.07) is 17.2. The van der Waals surface area contributed by atoms with Crippen LogP contribution in [0, 0.1) is 0 Å². The highest BCUT2D eigenvalue weighted by Crippen LogP contribution is 2.29. The monoisotopic (exact) mass is 397 g/mol. The summed E-state index contributed by atoms with van der Waals surface area (Å²) in [6.07, 6.45) is 0.837. The first-order valence-electron chi connectivity index (χ1n) is 8.15. The maximum absolute atomic E-state index is 12.7. The third-order valence-corrected chi connectivity index (χ3v) is 5.10. The molecule has 0 N–H and O–H groups in total. The number of nitrogens with zero attached hydrogens (tertiary/aromatic N) is 3. The standard InChI is InChI=1S/C19H16BrN3O2/c20-16-9-5-4-8-15(16)19(24)23-11-10-14(12-23)17-21-18(25-22-17)13-6-2-1-3-7-13/h1-9,14H,10-12H2/t14-/m0/s1. The van der Waals surface area contributed by atoms with Crippen LogP contribution in [0.25, 0.3) is 11.5 Å². The zero-order valence-electron chi connectivity index (χ0n) is 13.4. The molecule has 2 heterocycles. The number of amides is 1. The lowest BCUT2D eigenvalue weighted by atomic mass is 10.1. The summed E-state index contributed by atoms with van der Waals surface area (Å²) in [5, 5.41) is 4.13. The van der Waals surface area contributed by atoms with Crippen molar-refractivity contribution in [3.63, 3.8) is 0 Å². The third-order valence-electron chi connectivity index (χ3n) is 4.41. The van der Waals surface area contributed by atoms with Gasteiger partial charge in [0.1, 0.15) is 0 Å². The van der Waals surface area contributed by atoms with E-state index in [1.807, 2.05) is 59.5 Å². The van der Waals surface area contributed by atoms with Gasteiger partial charge in [-0.3, -0.25) is 4.79 Å². The number of aromatic nitrogens is 2. The molecule has 0 unspecified atom stereocenters. The van der Waals surface area contributed by atoms with E-state index in [2.05, 4.69) is 26.1 Å². The molecule has 1 saturated heterocycles. The van der Waals surface area contributed by atoms with Crippen molar-refractivity contribution in [1.82, 2.24) is 15.0 Å². The summed E-state index contributed by atoms with van der Waals surface area (Å²) in [5.74, 6) is 1.32. The smallest absolute Gasteiger partial charge is 0.257 e. The number of carbonyl (C=O) groups excluding carboxylic acids is 1. The minimum atomic E-state index is 0.0294. The summed E-state index contributed by atoms with van der Waals surface area (Å²) in [7, 11) is 0. The second-order valence-corrected chi connectivity index (χ2v) is 6.89. The average Bonchev–Trinajstić information content (AvgIpc) is 3.32. The first-order chi connectivity index (χ1) is 12.2. The van der Waals surface area contributed by atoms with Crippen molar-refractivity contribution in [3.8, 4) is 11.5 Å². The first kappa shape index (κ1) is 16.0. The number of likely N-dealkylation sites (tertiary alicyclic amines) is 1. The van der Waals surface area contributed by atoms with Crippen LogP contribution in [-0.4, -0.2) is 34.0 Å². The Kier molecular flexibility index (Phi) is 4.36. The Balaban J connectivity index is 1.49. The molecule has 0 radical (unpaired) electrons. The van der Waals surface area contributed by atoms with Crippen LogP contribution in [0.5, 0.6) is 0 Å². The van der Waals surface area contributed by atoms with Crippen molar-refractivity contribution >= 4 is 21.8 Å². The number of rotatable bonds is 3. The summed E-state index contributed by atoms with van der Waals surface area (Å²) in [4.78, 5) is 19.1. The van der Waals surface area contributed by atoms with Gasteiger partial charge in [-0.05, 0) is 46.6 Å². The highest BCUT2D eigenvalue weighted by atomic mass is 79.9. The van der Waals surface area contributed by atoms with Crippen molar-refractivity contribution in [2.75, 3.05) is 13.1 Å². The molecule has 3 aromatic rings. The van der Waals surface area contributed by atoms with E-state index >= 15 is 0 Å². The molecule has 1 amide bonds. The van der Waals surface area contributed by atoms with Crippen molar-refractivity contribution in [3.05, 3.63) is 70.5 Å². The highest BCUT2D eigenvalue weighted by molar-refractivity contribution is 9.10. The third kappa shape index (κ3) is 3.22. The molecular formula is C19H16BrN3O2. The van der Waals surface area contributed by atoms with Crippen molar-refractivity contribution in [2.45, 2.75) is 12.3 Å². The van der Waals surface area contributed by atoms with E-state index in [1.54, 1.807) is 0 Å². The predicted octanol–water partition coefficient (Wildman–Crippen LogP) is 4.13. The molecule has 1 fully saturated rings. The van der Waals surface area contributed by atoms with Crippen LogP contribution in [-0.2, 0) is 0 Å². The van der Waals surface area contributed by atoms with Gasteiger partial charge in [0.25, 0.3) is 11.8 Å². The molecule has 0 saturated carbocycles. The summed E-state index contributed by atoms with van der Waals surface area (Å²) < 4.78 is 6.20. The fraction of sp³-hybridized carbons (Fsp3) is 0.211. The van der Waals surface area contributed by atoms with E-state index in [9.17, 15) is 4.79 Å². The van der Waals surface area contributed by atoms with E-state index in [0.717, 1.165) is 16.5 Å². The van der Waals surface area contributed by atoms with Gasteiger partial charge in [0.05, 0.1) is 5.56 Å². The van der Waals surface area contributed by atoms with Gasteiger partial charge >= 0.3 is 0 Å². The zero-order valence-corrected chi connectivity index (χ0v) is 15.0. The van der Waals surface area contributed by atoms with Crippen molar-refractivity contribution in [1.29, 1.82) is 0 Å². The molecular weight excluding hydrogens is 382 g/mol. The molecule has 126 valence electrons. The number of hydrogen-bond donors (Lipinski definition) is 0. The molecule has 4 rings (SSSR count). The zero-order chi connectivity index (χ0) is 17.2. The Hall–Kier alpha value is -2.47. The Bertz CT molecular complexity index is 894. The Labute approximate surface area is 153 Å². The van der Waals surface area contributed by atoms with Gasteiger partial charge in [0.15, 0.2) is 5.82 Å². The molecule has 0 spiro atoms. The molecule has 6 heteroatoms. The Morgan fingerprint density at radius 3 is 2.68 bits per heavy atom. The van der Waals surface area contributed by atoms with Gasteiger partial charge in [0.2, 0.25) is 0 Å². The van der Waals surface area contributed by atoms with Gasteiger partial charge in [0, 0.05) is 29.0 Å². The molecule has 1 atom stereocenters. The minimum Gasteiger partial charge on any atom is -0.338 e. The predicted molar refractivity (Wildman–Crippen MR) is 97.1 cm³/mol. The quantitative estimate of drug-likeness (QED) is 0.666. The SMILES string of the molecule is O=C(c1ccccc1Br)N1CC[C@H](c2noc(-c3ccccc3)n2)C1. The maximum atomic E-state index is 12.7.